The number of halogens is 2. The Hall–Kier alpha value is -1.37. The summed E-state index contributed by atoms with van der Waals surface area (Å²) in [7, 11) is -3.03. The van der Waals surface area contributed by atoms with E-state index in [1.165, 1.54) is 6.07 Å². The first-order valence-electron chi connectivity index (χ1n) is 5.52. The topological polar surface area (TPSA) is 58.2 Å². The van der Waals surface area contributed by atoms with Crippen LogP contribution < -0.4 is 10.6 Å². The standard InChI is InChI=1S/C11H14F2N2O2S/c1-18(16,17)3-2-8-6-14-11-9(13)4-7(12)5-10(11)15-8/h4-5,8,14-15H,2-3,6H2,1H3. The summed E-state index contributed by atoms with van der Waals surface area (Å²) >= 11 is 0. The van der Waals surface area contributed by atoms with E-state index in [1.54, 1.807) is 0 Å². The fourth-order valence-electron chi connectivity index (χ4n) is 1.89. The molecule has 2 rings (SSSR count). The van der Waals surface area contributed by atoms with Crippen LogP contribution in [0.2, 0.25) is 0 Å². The van der Waals surface area contributed by atoms with Gasteiger partial charge in [-0.2, -0.15) is 0 Å². The van der Waals surface area contributed by atoms with Crippen LogP contribution in [0.4, 0.5) is 20.2 Å². The first kappa shape index (κ1) is 13.1. The molecule has 18 heavy (non-hydrogen) atoms. The summed E-state index contributed by atoms with van der Waals surface area (Å²) in [5.74, 6) is -1.28. The fourth-order valence-corrected chi connectivity index (χ4v) is 2.61. The van der Waals surface area contributed by atoms with E-state index in [9.17, 15) is 17.2 Å². The highest BCUT2D eigenvalue weighted by molar-refractivity contribution is 7.90. The van der Waals surface area contributed by atoms with Gasteiger partial charge in [0.05, 0.1) is 17.1 Å². The molecular formula is C11H14F2N2O2S. The second-order valence-corrected chi connectivity index (χ2v) is 6.71. The third-order valence-corrected chi connectivity index (χ3v) is 3.75. The number of hydrogen-bond acceptors (Lipinski definition) is 4. The van der Waals surface area contributed by atoms with Gasteiger partial charge in [-0.15, -0.1) is 0 Å². The summed E-state index contributed by atoms with van der Waals surface area (Å²) in [6, 6.07) is 1.84. The van der Waals surface area contributed by atoms with Crippen LogP contribution in [0.15, 0.2) is 12.1 Å². The van der Waals surface area contributed by atoms with Crippen molar-refractivity contribution in [2.45, 2.75) is 12.5 Å². The Bertz CT molecular complexity index is 560. The molecule has 1 aliphatic rings. The van der Waals surface area contributed by atoms with Gasteiger partial charge in [0.25, 0.3) is 0 Å². The Kier molecular flexibility index (Phi) is 3.43. The van der Waals surface area contributed by atoms with Gasteiger partial charge in [-0.1, -0.05) is 0 Å². The largest absolute Gasteiger partial charge is 0.379 e. The van der Waals surface area contributed by atoms with E-state index < -0.39 is 21.5 Å². The van der Waals surface area contributed by atoms with Gasteiger partial charge in [-0.3, -0.25) is 0 Å². The van der Waals surface area contributed by atoms with Crippen LogP contribution >= 0.6 is 0 Å². The van der Waals surface area contributed by atoms with Crippen molar-refractivity contribution in [1.82, 2.24) is 0 Å². The molecule has 0 saturated carbocycles. The normalized spacial score (nSPS) is 18.7. The van der Waals surface area contributed by atoms with E-state index in [2.05, 4.69) is 10.6 Å². The van der Waals surface area contributed by atoms with Crippen LogP contribution in [0.1, 0.15) is 6.42 Å². The van der Waals surface area contributed by atoms with Gasteiger partial charge < -0.3 is 10.6 Å². The van der Waals surface area contributed by atoms with Crippen LogP contribution in [-0.4, -0.2) is 33.0 Å². The third kappa shape index (κ3) is 3.10. The Labute approximate surface area is 104 Å². The van der Waals surface area contributed by atoms with Gasteiger partial charge in [0.1, 0.15) is 15.7 Å². The first-order valence-corrected chi connectivity index (χ1v) is 7.58. The lowest BCUT2D eigenvalue weighted by Crippen LogP contribution is -2.35. The van der Waals surface area contributed by atoms with Crippen molar-refractivity contribution >= 4 is 21.2 Å². The maximum absolute atomic E-state index is 13.4. The minimum absolute atomic E-state index is 0.0411. The van der Waals surface area contributed by atoms with Crippen molar-refractivity contribution in [2.24, 2.45) is 0 Å². The van der Waals surface area contributed by atoms with E-state index >= 15 is 0 Å². The molecule has 1 aromatic carbocycles. The van der Waals surface area contributed by atoms with Crippen LogP contribution in [0.3, 0.4) is 0 Å². The maximum atomic E-state index is 13.4. The molecule has 0 saturated heterocycles. The maximum Gasteiger partial charge on any atom is 0.151 e. The van der Waals surface area contributed by atoms with Crippen molar-refractivity contribution < 1.29 is 17.2 Å². The molecule has 0 fully saturated rings. The molecule has 0 amide bonds. The van der Waals surface area contributed by atoms with Crippen LogP contribution in [0, 0.1) is 11.6 Å². The zero-order chi connectivity index (χ0) is 13.3. The van der Waals surface area contributed by atoms with E-state index in [0.717, 1.165) is 12.3 Å². The molecule has 1 atom stereocenters. The summed E-state index contributed by atoms with van der Waals surface area (Å²) < 4.78 is 48.6. The number of nitrogens with one attached hydrogen (secondary N) is 2. The van der Waals surface area contributed by atoms with E-state index in [0.29, 0.717) is 18.7 Å². The highest BCUT2D eigenvalue weighted by atomic mass is 32.2. The van der Waals surface area contributed by atoms with E-state index in [-0.39, 0.29) is 17.5 Å². The predicted octanol–water partition coefficient (Wildman–Crippen LogP) is 1.61. The van der Waals surface area contributed by atoms with Crippen LogP contribution in [0.25, 0.3) is 0 Å². The zero-order valence-corrected chi connectivity index (χ0v) is 10.7. The average Bonchev–Trinajstić information content (AvgIpc) is 2.24. The number of sulfone groups is 1. The van der Waals surface area contributed by atoms with Crippen LogP contribution in [0.5, 0.6) is 0 Å². The number of anilines is 2. The summed E-state index contributed by atoms with van der Waals surface area (Å²) in [4.78, 5) is 0. The number of fused-ring (bicyclic) bond motifs is 1. The second kappa shape index (κ2) is 4.72. The lowest BCUT2D eigenvalue weighted by Gasteiger charge is -2.28. The van der Waals surface area contributed by atoms with Crippen molar-refractivity contribution in [1.29, 1.82) is 0 Å². The predicted molar refractivity (Wildman–Crippen MR) is 66.6 cm³/mol. The molecule has 0 aliphatic carbocycles. The van der Waals surface area contributed by atoms with Gasteiger partial charge in [0, 0.05) is 24.9 Å². The molecule has 0 aromatic heterocycles. The Morgan fingerprint density at radius 3 is 2.78 bits per heavy atom. The molecule has 0 radical (unpaired) electrons. The zero-order valence-electron chi connectivity index (χ0n) is 9.83. The summed E-state index contributed by atoms with van der Waals surface area (Å²) in [6.45, 7) is 0.408. The molecule has 7 heteroatoms. The summed E-state index contributed by atoms with van der Waals surface area (Å²) in [5, 5.41) is 5.79. The lowest BCUT2D eigenvalue weighted by molar-refractivity contribution is 0.577. The van der Waals surface area contributed by atoms with Gasteiger partial charge in [-0.25, -0.2) is 17.2 Å². The molecule has 0 bridgehead atoms. The monoisotopic (exact) mass is 276 g/mol. The van der Waals surface area contributed by atoms with Gasteiger partial charge >= 0.3 is 0 Å². The molecule has 1 aromatic rings. The average molecular weight is 276 g/mol. The quantitative estimate of drug-likeness (QED) is 0.880. The van der Waals surface area contributed by atoms with Crippen LogP contribution in [-0.2, 0) is 9.84 Å². The minimum atomic E-state index is -3.03. The Balaban J connectivity index is 2.10. The molecule has 1 unspecified atom stereocenters. The third-order valence-electron chi connectivity index (χ3n) is 2.78. The number of benzene rings is 1. The molecular weight excluding hydrogens is 262 g/mol. The van der Waals surface area contributed by atoms with Crippen molar-refractivity contribution in [3.05, 3.63) is 23.8 Å². The van der Waals surface area contributed by atoms with Gasteiger partial charge in [0.15, 0.2) is 5.82 Å². The number of hydrogen-bond donors (Lipinski definition) is 2. The SMILES string of the molecule is CS(=O)(=O)CCC1CNc2c(F)cc(F)cc2N1. The Morgan fingerprint density at radius 2 is 2.11 bits per heavy atom. The molecule has 2 N–H and O–H groups in total. The highest BCUT2D eigenvalue weighted by Crippen LogP contribution is 2.30. The molecule has 1 heterocycles. The molecule has 1 aliphatic heterocycles. The van der Waals surface area contributed by atoms with E-state index in [1.807, 2.05) is 0 Å². The van der Waals surface area contributed by atoms with E-state index in [4.69, 9.17) is 0 Å². The smallest absolute Gasteiger partial charge is 0.151 e. The van der Waals surface area contributed by atoms with Gasteiger partial charge in [0.2, 0.25) is 0 Å². The summed E-state index contributed by atoms with van der Waals surface area (Å²) in [6.07, 6.45) is 1.56. The molecule has 4 nitrogen and oxygen atoms in total. The highest BCUT2D eigenvalue weighted by Gasteiger charge is 2.21. The second-order valence-electron chi connectivity index (χ2n) is 4.45. The van der Waals surface area contributed by atoms with Crippen molar-refractivity contribution in [3.8, 4) is 0 Å². The van der Waals surface area contributed by atoms with Crippen molar-refractivity contribution in [3.63, 3.8) is 0 Å². The Morgan fingerprint density at radius 1 is 1.39 bits per heavy atom. The number of rotatable bonds is 3. The van der Waals surface area contributed by atoms with Gasteiger partial charge in [-0.05, 0) is 12.5 Å². The minimum Gasteiger partial charge on any atom is -0.379 e. The summed E-state index contributed by atoms with van der Waals surface area (Å²) in [5.41, 5.74) is 0.559. The molecule has 100 valence electrons. The fraction of sp³-hybridized carbons (Fsp3) is 0.455. The first-order chi connectivity index (χ1) is 8.35. The molecule has 0 spiro atoms. The lowest BCUT2D eigenvalue weighted by atomic mass is 10.1. The van der Waals surface area contributed by atoms with Crippen molar-refractivity contribution in [2.75, 3.05) is 29.2 Å².